The summed E-state index contributed by atoms with van der Waals surface area (Å²) in [7, 11) is 1.83. The summed E-state index contributed by atoms with van der Waals surface area (Å²) in [4.78, 5) is 2.23. The van der Waals surface area contributed by atoms with Crippen molar-refractivity contribution in [3.63, 3.8) is 0 Å². The van der Waals surface area contributed by atoms with Gasteiger partial charge in [0.05, 0.1) is 11.7 Å². The number of aromatic nitrogens is 2. The van der Waals surface area contributed by atoms with E-state index in [-0.39, 0.29) is 11.7 Å². The molecule has 1 aromatic heterocycles. The molecule has 0 saturated carbocycles. The lowest BCUT2D eigenvalue weighted by atomic mass is 10.0. The van der Waals surface area contributed by atoms with Gasteiger partial charge in [-0.2, -0.15) is 5.10 Å². The van der Waals surface area contributed by atoms with Crippen LogP contribution in [-0.2, 0) is 13.6 Å². The van der Waals surface area contributed by atoms with Gasteiger partial charge in [0.2, 0.25) is 5.88 Å². The Hall–Kier alpha value is -2.70. The molecule has 1 unspecified atom stereocenters. The molecule has 0 aliphatic heterocycles. The molecule has 0 saturated heterocycles. The van der Waals surface area contributed by atoms with Gasteiger partial charge in [-0.1, -0.05) is 57.2 Å². The van der Waals surface area contributed by atoms with E-state index in [1.807, 2.05) is 51.2 Å². The molecule has 6 heteroatoms. The van der Waals surface area contributed by atoms with Crippen LogP contribution in [0.5, 0.6) is 11.6 Å². The molecule has 1 N–H and O–H groups in total. The Labute approximate surface area is 184 Å². The number of aryl methyl sites for hydroxylation is 1. The fourth-order valence-electron chi connectivity index (χ4n) is 3.54. The van der Waals surface area contributed by atoms with Gasteiger partial charge in [-0.05, 0) is 31.0 Å². The lowest BCUT2D eigenvalue weighted by Crippen LogP contribution is -2.35. The highest BCUT2D eigenvalue weighted by atomic mass is 19.1. The van der Waals surface area contributed by atoms with Crippen LogP contribution in [0.3, 0.4) is 0 Å². The smallest absolute Gasteiger partial charge is 0.222 e. The van der Waals surface area contributed by atoms with Crippen LogP contribution >= 0.6 is 0 Å². The zero-order chi connectivity index (χ0) is 22.4. The Morgan fingerprint density at radius 3 is 2.52 bits per heavy atom. The maximum atomic E-state index is 13.7. The van der Waals surface area contributed by atoms with Crippen molar-refractivity contribution in [2.24, 2.45) is 13.0 Å². The number of aliphatic hydroxyl groups is 1. The zero-order valence-electron chi connectivity index (χ0n) is 18.8. The van der Waals surface area contributed by atoms with Gasteiger partial charge < -0.3 is 9.84 Å². The summed E-state index contributed by atoms with van der Waals surface area (Å²) >= 11 is 0. The summed E-state index contributed by atoms with van der Waals surface area (Å²) < 4.78 is 21.6. The fourth-order valence-corrected chi connectivity index (χ4v) is 3.54. The lowest BCUT2D eigenvalue weighted by molar-refractivity contribution is 0.0729. The average molecular weight is 426 g/mol. The first-order valence-corrected chi connectivity index (χ1v) is 10.8. The summed E-state index contributed by atoms with van der Waals surface area (Å²) in [5, 5.41) is 15.2. The lowest BCUT2D eigenvalue weighted by Gasteiger charge is -2.26. The highest BCUT2D eigenvalue weighted by Crippen LogP contribution is 2.34. The molecule has 2 aromatic carbocycles. The van der Waals surface area contributed by atoms with Crippen LogP contribution in [0, 0.1) is 11.7 Å². The van der Waals surface area contributed by atoms with Gasteiger partial charge in [-0.15, -0.1) is 0 Å². The standard InChI is InChI=1S/C25H32FN3O2/c1-5-14-29(17-23(30)18(2)3)16-22-24(19-10-7-6-8-11-19)27-28(4)25(22)31-21-13-9-12-20(26)15-21/h6-13,15,18,23,30H,5,14,16-17H2,1-4H3. The Balaban J connectivity index is 2.01. The first kappa shape index (κ1) is 23.0. The molecule has 1 atom stereocenters. The van der Waals surface area contributed by atoms with Crippen molar-refractivity contribution in [3.05, 3.63) is 66.0 Å². The number of aliphatic hydroxyl groups excluding tert-OH is 1. The van der Waals surface area contributed by atoms with Crippen LogP contribution < -0.4 is 4.74 Å². The first-order chi connectivity index (χ1) is 14.9. The van der Waals surface area contributed by atoms with Gasteiger partial charge >= 0.3 is 0 Å². The molecule has 0 fully saturated rings. The summed E-state index contributed by atoms with van der Waals surface area (Å²) in [5.41, 5.74) is 2.74. The van der Waals surface area contributed by atoms with Gasteiger partial charge in [0.15, 0.2) is 0 Å². The molecule has 3 rings (SSSR count). The largest absolute Gasteiger partial charge is 0.439 e. The Morgan fingerprint density at radius 2 is 1.87 bits per heavy atom. The molecule has 0 amide bonds. The van der Waals surface area contributed by atoms with E-state index in [1.165, 1.54) is 12.1 Å². The van der Waals surface area contributed by atoms with E-state index in [1.54, 1.807) is 16.8 Å². The van der Waals surface area contributed by atoms with Crippen molar-refractivity contribution in [1.29, 1.82) is 0 Å². The van der Waals surface area contributed by atoms with Crippen molar-refractivity contribution >= 4 is 0 Å². The van der Waals surface area contributed by atoms with Gasteiger partial charge in [0.25, 0.3) is 0 Å². The van der Waals surface area contributed by atoms with Crippen molar-refractivity contribution < 1.29 is 14.2 Å². The van der Waals surface area contributed by atoms with E-state index < -0.39 is 6.10 Å². The second-order valence-corrected chi connectivity index (χ2v) is 8.23. The second kappa shape index (κ2) is 10.6. The minimum atomic E-state index is -0.420. The predicted molar refractivity (Wildman–Crippen MR) is 122 cm³/mol. The van der Waals surface area contributed by atoms with Crippen LogP contribution in [0.25, 0.3) is 11.3 Å². The second-order valence-electron chi connectivity index (χ2n) is 8.23. The van der Waals surface area contributed by atoms with E-state index in [9.17, 15) is 9.50 Å². The minimum absolute atomic E-state index is 0.171. The summed E-state index contributed by atoms with van der Waals surface area (Å²) in [6.45, 7) is 8.14. The number of hydrogen-bond acceptors (Lipinski definition) is 4. The molecule has 31 heavy (non-hydrogen) atoms. The molecule has 0 bridgehead atoms. The molecule has 0 aliphatic carbocycles. The van der Waals surface area contributed by atoms with Crippen LogP contribution in [-0.4, -0.2) is 39.0 Å². The third-order valence-electron chi connectivity index (χ3n) is 5.28. The molecular formula is C25H32FN3O2. The third kappa shape index (κ3) is 5.93. The van der Waals surface area contributed by atoms with Crippen LogP contribution in [0.4, 0.5) is 4.39 Å². The summed E-state index contributed by atoms with van der Waals surface area (Å²) in [6.07, 6.45) is 0.544. The van der Waals surface area contributed by atoms with E-state index in [4.69, 9.17) is 9.84 Å². The van der Waals surface area contributed by atoms with Crippen molar-refractivity contribution in [3.8, 4) is 22.9 Å². The van der Waals surface area contributed by atoms with Crippen LogP contribution in [0.15, 0.2) is 54.6 Å². The van der Waals surface area contributed by atoms with Gasteiger partial charge in [-0.25, -0.2) is 9.07 Å². The molecule has 0 radical (unpaired) electrons. The Bertz CT molecular complexity index is 972. The SMILES string of the molecule is CCCN(Cc1c(-c2ccccc2)nn(C)c1Oc1cccc(F)c1)CC(O)C(C)C. The number of hydrogen-bond donors (Lipinski definition) is 1. The number of nitrogens with zero attached hydrogens (tertiary/aromatic N) is 3. The molecule has 166 valence electrons. The molecule has 1 heterocycles. The maximum Gasteiger partial charge on any atom is 0.222 e. The summed E-state index contributed by atoms with van der Waals surface area (Å²) in [5.74, 6) is 0.819. The number of halogens is 1. The average Bonchev–Trinajstić information content (AvgIpc) is 3.04. The number of rotatable bonds is 10. The maximum absolute atomic E-state index is 13.7. The Kier molecular flexibility index (Phi) is 7.82. The van der Waals surface area contributed by atoms with E-state index in [0.717, 1.165) is 29.8 Å². The van der Waals surface area contributed by atoms with Crippen LogP contribution in [0.1, 0.15) is 32.8 Å². The predicted octanol–water partition coefficient (Wildman–Crippen LogP) is 5.25. The monoisotopic (exact) mass is 425 g/mol. The van der Waals surface area contributed by atoms with Gasteiger partial charge in [0.1, 0.15) is 17.3 Å². The molecule has 0 spiro atoms. The third-order valence-corrected chi connectivity index (χ3v) is 5.28. The van der Waals surface area contributed by atoms with E-state index >= 15 is 0 Å². The van der Waals surface area contributed by atoms with E-state index in [2.05, 4.69) is 11.8 Å². The molecule has 3 aromatic rings. The normalized spacial score (nSPS) is 12.5. The van der Waals surface area contributed by atoms with Crippen molar-refractivity contribution in [2.75, 3.05) is 13.1 Å². The molecular weight excluding hydrogens is 393 g/mol. The van der Waals surface area contributed by atoms with Crippen LogP contribution in [0.2, 0.25) is 0 Å². The van der Waals surface area contributed by atoms with E-state index in [0.29, 0.717) is 24.7 Å². The summed E-state index contributed by atoms with van der Waals surface area (Å²) in [6, 6.07) is 16.1. The zero-order valence-corrected chi connectivity index (χ0v) is 18.8. The highest BCUT2D eigenvalue weighted by Gasteiger charge is 2.23. The van der Waals surface area contributed by atoms with Gasteiger partial charge in [-0.3, -0.25) is 4.90 Å². The van der Waals surface area contributed by atoms with Crippen molar-refractivity contribution in [1.82, 2.24) is 14.7 Å². The van der Waals surface area contributed by atoms with Gasteiger partial charge in [0, 0.05) is 31.8 Å². The van der Waals surface area contributed by atoms with Crippen molar-refractivity contribution in [2.45, 2.75) is 39.8 Å². The number of ether oxygens (including phenoxy) is 1. The molecule has 0 aliphatic rings. The topological polar surface area (TPSA) is 50.5 Å². The molecule has 5 nitrogen and oxygen atoms in total. The quantitative estimate of drug-likeness (QED) is 0.482. The first-order valence-electron chi connectivity index (χ1n) is 10.8. The minimum Gasteiger partial charge on any atom is -0.439 e. The Morgan fingerprint density at radius 1 is 1.13 bits per heavy atom. The fraction of sp³-hybridized carbons (Fsp3) is 0.400. The number of benzene rings is 2. The highest BCUT2D eigenvalue weighted by molar-refractivity contribution is 5.65.